The maximum Gasteiger partial charge on any atom is 0.258 e. The SMILES string of the molecule is Cc1cn2cc(NC(=O)c3ccc(C4CCNCC4)c4oc(C)nc34)cc(F)c2n1. The van der Waals surface area contributed by atoms with E-state index in [1.807, 2.05) is 6.07 Å². The van der Waals surface area contributed by atoms with Crippen molar-refractivity contribution >= 4 is 28.3 Å². The average molecular weight is 407 g/mol. The van der Waals surface area contributed by atoms with E-state index in [-0.39, 0.29) is 11.6 Å². The largest absolute Gasteiger partial charge is 0.441 e. The van der Waals surface area contributed by atoms with Gasteiger partial charge in [0, 0.05) is 30.9 Å². The number of anilines is 1. The predicted molar refractivity (Wildman–Crippen MR) is 111 cm³/mol. The predicted octanol–water partition coefficient (Wildman–Crippen LogP) is 3.95. The lowest BCUT2D eigenvalue weighted by atomic mass is 9.89. The number of aromatic nitrogens is 3. The number of rotatable bonds is 3. The first-order chi connectivity index (χ1) is 14.5. The number of fused-ring (bicyclic) bond motifs is 2. The molecule has 1 fully saturated rings. The molecule has 1 aromatic carbocycles. The normalized spacial score (nSPS) is 15.2. The summed E-state index contributed by atoms with van der Waals surface area (Å²) in [5, 5.41) is 6.15. The molecule has 0 spiro atoms. The summed E-state index contributed by atoms with van der Waals surface area (Å²) in [5.74, 6) is 0.0336. The number of amides is 1. The van der Waals surface area contributed by atoms with Gasteiger partial charge < -0.3 is 19.5 Å². The highest BCUT2D eigenvalue weighted by Gasteiger charge is 2.24. The molecule has 4 heterocycles. The van der Waals surface area contributed by atoms with Crippen LogP contribution in [0.15, 0.2) is 35.0 Å². The van der Waals surface area contributed by atoms with Crippen LogP contribution in [0.4, 0.5) is 10.1 Å². The third-order valence-electron chi connectivity index (χ3n) is 5.59. The Kier molecular flexibility index (Phi) is 4.51. The maximum atomic E-state index is 14.4. The monoisotopic (exact) mass is 407 g/mol. The van der Waals surface area contributed by atoms with Crippen LogP contribution in [0.5, 0.6) is 0 Å². The number of nitrogens with zero attached hydrogens (tertiary/aromatic N) is 3. The number of imidazole rings is 1. The minimum atomic E-state index is -0.496. The van der Waals surface area contributed by atoms with Crippen LogP contribution in [0.1, 0.15) is 46.3 Å². The molecule has 1 aliphatic rings. The fourth-order valence-electron chi connectivity index (χ4n) is 4.22. The first kappa shape index (κ1) is 18.7. The number of piperidine rings is 1. The van der Waals surface area contributed by atoms with Crippen molar-refractivity contribution < 1.29 is 13.6 Å². The van der Waals surface area contributed by atoms with Gasteiger partial charge in [0.1, 0.15) is 5.52 Å². The number of carbonyl (C=O) groups excluding carboxylic acids is 1. The quantitative estimate of drug-likeness (QED) is 0.537. The van der Waals surface area contributed by atoms with Crippen molar-refractivity contribution in [1.82, 2.24) is 19.7 Å². The number of hydrogen-bond acceptors (Lipinski definition) is 5. The van der Waals surface area contributed by atoms with Crippen LogP contribution >= 0.6 is 0 Å². The van der Waals surface area contributed by atoms with Gasteiger partial charge in [0.05, 0.1) is 16.9 Å². The molecular formula is C22H22FN5O2. The van der Waals surface area contributed by atoms with Gasteiger partial charge in [-0.25, -0.2) is 14.4 Å². The second-order valence-electron chi connectivity index (χ2n) is 7.78. The molecule has 154 valence electrons. The summed E-state index contributed by atoms with van der Waals surface area (Å²) in [6, 6.07) is 5.02. The van der Waals surface area contributed by atoms with Gasteiger partial charge in [0.15, 0.2) is 22.9 Å². The molecule has 0 bridgehead atoms. The Labute approximate surface area is 172 Å². The Morgan fingerprint density at radius 1 is 1.23 bits per heavy atom. The molecule has 5 rings (SSSR count). The average Bonchev–Trinajstić information content (AvgIpc) is 3.29. The van der Waals surface area contributed by atoms with Gasteiger partial charge in [-0.1, -0.05) is 6.07 Å². The fraction of sp³-hybridized carbons (Fsp3) is 0.318. The standard InChI is InChI=1S/C22H22FN5O2/c1-12-10-28-11-15(9-18(23)21(28)25-12)27-22(29)17-4-3-16(14-5-7-24-8-6-14)20-19(17)26-13(2)30-20/h3-4,9-11,14,24H,5-8H2,1-2H3,(H,27,29). The molecule has 0 unspecified atom stereocenters. The van der Waals surface area contributed by atoms with Gasteiger partial charge in [-0.3, -0.25) is 4.79 Å². The van der Waals surface area contributed by atoms with Gasteiger partial charge in [-0.2, -0.15) is 0 Å². The Balaban J connectivity index is 1.51. The van der Waals surface area contributed by atoms with Crippen LogP contribution in [0.2, 0.25) is 0 Å². The molecule has 8 heteroatoms. The smallest absolute Gasteiger partial charge is 0.258 e. The van der Waals surface area contributed by atoms with Crippen molar-refractivity contribution in [3.63, 3.8) is 0 Å². The highest BCUT2D eigenvalue weighted by molar-refractivity contribution is 6.11. The number of nitrogens with one attached hydrogen (secondary N) is 2. The summed E-state index contributed by atoms with van der Waals surface area (Å²) in [6.07, 6.45) is 5.39. The van der Waals surface area contributed by atoms with Crippen LogP contribution in [0.3, 0.4) is 0 Å². The minimum absolute atomic E-state index is 0.228. The van der Waals surface area contributed by atoms with E-state index < -0.39 is 5.82 Å². The number of halogens is 1. The van der Waals surface area contributed by atoms with Crippen LogP contribution in [-0.2, 0) is 0 Å². The molecule has 0 radical (unpaired) electrons. The first-order valence-corrected chi connectivity index (χ1v) is 10.1. The van der Waals surface area contributed by atoms with Crippen molar-refractivity contribution in [2.45, 2.75) is 32.6 Å². The van der Waals surface area contributed by atoms with Crippen LogP contribution < -0.4 is 10.6 Å². The van der Waals surface area contributed by atoms with E-state index in [0.29, 0.717) is 39.9 Å². The Bertz CT molecular complexity index is 1270. The fourth-order valence-corrected chi connectivity index (χ4v) is 4.22. The van der Waals surface area contributed by atoms with Crippen LogP contribution in [0, 0.1) is 19.7 Å². The van der Waals surface area contributed by atoms with Gasteiger partial charge in [-0.15, -0.1) is 0 Å². The number of pyridine rings is 1. The van der Waals surface area contributed by atoms with Crippen LogP contribution in [-0.4, -0.2) is 33.4 Å². The van der Waals surface area contributed by atoms with E-state index in [1.165, 1.54) is 6.07 Å². The molecule has 30 heavy (non-hydrogen) atoms. The molecule has 1 aliphatic heterocycles. The molecule has 4 aromatic rings. The Morgan fingerprint density at radius 3 is 2.83 bits per heavy atom. The molecule has 3 aromatic heterocycles. The zero-order valence-corrected chi connectivity index (χ0v) is 16.8. The highest BCUT2D eigenvalue weighted by Crippen LogP contribution is 2.33. The maximum absolute atomic E-state index is 14.4. The molecule has 0 saturated carbocycles. The number of oxazole rings is 1. The topological polar surface area (TPSA) is 84.5 Å². The van der Waals surface area contributed by atoms with E-state index in [2.05, 4.69) is 20.6 Å². The van der Waals surface area contributed by atoms with Crippen molar-refractivity contribution in [1.29, 1.82) is 0 Å². The second-order valence-corrected chi connectivity index (χ2v) is 7.78. The first-order valence-electron chi connectivity index (χ1n) is 10.1. The molecule has 0 aliphatic carbocycles. The van der Waals surface area contributed by atoms with E-state index in [4.69, 9.17) is 4.42 Å². The number of aryl methyl sites for hydroxylation is 2. The van der Waals surface area contributed by atoms with Crippen molar-refractivity contribution in [3.05, 3.63) is 59.1 Å². The summed E-state index contributed by atoms with van der Waals surface area (Å²) in [4.78, 5) is 21.6. The van der Waals surface area contributed by atoms with E-state index in [1.54, 1.807) is 36.7 Å². The number of hydrogen-bond donors (Lipinski definition) is 2. The Hall–Kier alpha value is -3.26. The minimum Gasteiger partial charge on any atom is -0.441 e. The highest BCUT2D eigenvalue weighted by atomic mass is 19.1. The lowest BCUT2D eigenvalue weighted by molar-refractivity contribution is 0.102. The molecule has 1 saturated heterocycles. The van der Waals surface area contributed by atoms with Gasteiger partial charge in [-0.05, 0) is 44.8 Å². The summed E-state index contributed by atoms with van der Waals surface area (Å²) < 4.78 is 21.8. The van der Waals surface area contributed by atoms with Gasteiger partial charge in [0.25, 0.3) is 5.91 Å². The molecular weight excluding hydrogens is 385 g/mol. The summed E-state index contributed by atoms with van der Waals surface area (Å²) in [5.41, 5.74) is 3.97. The van der Waals surface area contributed by atoms with Gasteiger partial charge in [0.2, 0.25) is 0 Å². The van der Waals surface area contributed by atoms with Crippen molar-refractivity contribution in [2.24, 2.45) is 0 Å². The van der Waals surface area contributed by atoms with Crippen LogP contribution in [0.25, 0.3) is 16.7 Å². The number of carbonyl (C=O) groups is 1. The second kappa shape index (κ2) is 7.21. The molecule has 0 atom stereocenters. The Morgan fingerprint density at radius 2 is 2.03 bits per heavy atom. The molecule has 7 nitrogen and oxygen atoms in total. The third kappa shape index (κ3) is 3.23. The zero-order valence-electron chi connectivity index (χ0n) is 16.8. The summed E-state index contributed by atoms with van der Waals surface area (Å²) >= 11 is 0. The van der Waals surface area contributed by atoms with Crippen molar-refractivity contribution in [3.8, 4) is 0 Å². The summed E-state index contributed by atoms with van der Waals surface area (Å²) in [7, 11) is 0. The van der Waals surface area contributed by atoms with E-state index in [9.17, 15) is 9.18 Å². The summed E-state index contributed by atoms with van der Waals surface area (Å²) in [6.45, 7) is 5.49. The third-order valence-corrected chi connectivity index (χ3v) is 5.59. The zero-order chi connectivity index (χ0) is 20.8. The number of benzene rings is 1. The lowest BCUT2D eigenvalue weighted by Gasteiger charge is -2.23. The molecule has 1 amide bonds. The van der Waals surface area contributed by atoms with Gasteiger partial charge >= 0.3 is 0 Å². The van der Waals surface area contributed by atoms with E-state index >= 15 is 0 Å². The molecule has 2 N–H and O–H groups in total. The van der Waals surface area contributed by atoms with E-state index in [0.717, 1.165) is 31.5 Å². The van der Waals surface area contributed by atoms with Crippen molar-refractivity contribution in [2.75, 3.05) is 18.4 Å². The lowest BCUT2D eigenvalue weighted by Crippen LogP contribution is -2.26.